The minimum Gasteiger partial charge on any atom is -0.317 e. The van der Waals surface area contributed by atoms with E-state index in [2.05, 4.69) is 15.6 Å². The van der Waals surface area contributed by atoms with Crippen molar-refractivity contribution < 1.29 is 9.59 Å². The molecule has 5 nitrogen and oxygen atoms in total. The van der Waals surface area contributed by atoms with Crippen LogP contribution in [0.25, 0.3) is 0 Å². The number of rotatable bonds is 4. The van der Waals surface area contributed by atoms with Crippen LogP contribution in [0, 0.1) is 6.92 Å². The van der Waals surface area contributed by atoms with Crippen molar-refractivity contribution in [2.24, 2.45) is 0 Å². The quantitative estimate of drug-likeness (QED) is 0.684. The van der Waals surface area contributed by atoms with Crippen molar-refractivity contribution in [3.8, 4) is 0 Å². The standard InChI is InChI=1S/C20H17N3O2S/c1-14-11-12-21-18(13-14)23-20(25)19(24)22-16-9-5-6-10-17(16)26-15-7-3-2-4-8-15/h2-13H,1H3,(H,22,24)(H,21,23,25). The molecule has 0 unspecified atom stereocenters. The van der Waals surface area contributed by atoms with Crippen LogP contribution >= 0.6 is 11.8 Å². The van der Waals surface area contributed by atoms with Crippen molar-refractivity contribution in [2.75, 3.05) is 10.6 Å². The van der Waals surface area contributed by atoms with E-state index >= 15 is 0 Å². The van der Waals surface area contributed by atoms with Gasteiger partial charge in [-0.3, -0.25) is 9.59 Å². The first-order valence-corrected chi connectivity index (χ1v) is 8.80. The maximum absolute atomic E-state index is 12.2. The lowest BCUT2D eigenvalue weighted by molar-refractivity contribution is -0.133. The van der Waals surface area contributed by atoms with Crippen molar-refractivity contribution in [3.05, 3.63) is 78.5 Å². The number of hydrogen-bond donors (Lipinski definition) is 2. The summed E-state index contributed by atoms with van der Waals surface area (Å²) >= 11 is 1.52. The highest BCUT2D eigenvalue weighted by atomic mass is 32.2. The second-order valence-electron chi connectivity index (χ2n) is 5.54. The van der Waals surface area contributed by atoms with Crippen molar-refractivity contribution in [1.29, 1.82) is 0 Å². The number of amides is 2. The molecule has 0 radical (unpaired) electrons. The van der Waals surface area contributed by atoms with Gasteiger partial charge < -0.3 is 10.6 Å². The maximum atomic E-state index is 12.2. The van der Waals surface area contributed by atoms with E-state index in [0.717, 1.165) is 15.4 Å². The molecule has 0 atom stereocenters. The molecule has 2 aromatic carbocycles. The summed E-state index contributed by atoms with van der Waals surface area (Å²) in [5, 5.41) is 5.17. The Labute approximate surface area is 155 Å². The minimum absolute atomic E-state index is 0.345. The van der Waals surface area contributed by atoms with E-state index in [1.807, 2.05) is 61.5 Å². The molecule has 0 aliphatic rings. The maximum Gasteiger partial charge on any atom is 0.315 e. The summed E-state index contributed by atoms with van der Waals surface area (Å²) in [5.41, 5.74) is 1.53. The molecule has 0 saturated carbocycles. The number of nitrogens with one attached hydrogen (secondary N) is 2. The molecule has 3 aromatic rings. The summed E-state index contributed by atoms with van der Waals surface area (Å²) in [4.78, 5) is 30.3. The first-order valence-electron chi connectivity index (χ1n) is 7.99. The average molecular weight is 363 g/mol. The van der Waals surface area contributed by atoms with Crippen molar-refractivity contribution in [1.82, 2.24) is 4.98 Å². The highest BCUT2D eigenvalue weighted by Gasteiger charge is 2.16. The van der Waals surface area contributed by atoms with Gasteiger partial charge in [-0.05, 0) is 48.9 Å². The molecule has 130 valence electrons. The number of aromatic nitrogens is 1. The predicted molar refractivity (Wildman–Crippen MR) is 103 cm³/mol. The fourth-order valence-corrected chi connectivity index (χ4v) is 3.15. The number of para-hydroxylation sites is 1. The van der Waals surface area contributed by atoms with Gasteiger partial charge in [0.25, 0.3) is 0 Å². The van der Waals surface area contributed by atoms with Crippen molar-refractivity contribution >= 4 is 35.1 Å². The molecule has 1 aromatic heterocycles. The molecule has 6 heteroatoms. The number of hydrogen-bond acceptors (Lipinski definition) is 4. The topological polar surface area (TPSA) is 71.1 Å². The zero-order valence-electron chi connectivity index (χ0n) is 14.1. The fraction of sp³-hybridized carbons (Fsp3) is 0.0500. The lowest BCUT2D eigenvalue weighted by Crippen LogP contribution is -2.29. The van der Waals surface area contributed by atoms with Gasteiger partial charge in [0.05, 0.1) is 5.69 Å². The van der Waals surface area contributed by atoms with Gasteiger partial charge in [-0.2, -0.15) is 0 Å². The average Bonchev–Trinajstić information content (AvgIpc) is 2.64. The van der Waals surface area contributed by atoms with Gasteiger partial charge in [0.15, 0.2) is 0 Å². The van der Waals surface area contributed by atoms with E-state index in [0.29, 0.717) is 11.5 Å². The third-order valence-electron chi connectivity index (χ3n) is 3.47. The second kappa shape index (κ2) is 8.31. The Kier molecular flexibility index (Phi) is 5.66. The summed E-state index contributed by atoms with van der Waals surface area (Å²) in [6.07, 6.45) is 1.58. The van der Waals surface area contributed by atoms with Crippen LogP contribution in [0.15, 0.2) is 82.7 Å². The van der Waals surface area contributed by atoms with E-state index in [-0.39, 0.29) is 0 Å². The molecule has 0 spiro atoms. The molecule has 0 bridgehead atoms. The summed E-state index contributed by atoms with van der Waals surface area (Å²) in [6.45, 7) is 1.88. The van der Waals surface area contributed by atoms with Crippen LogP contribution in [0.2, 0.25) is 0 Å². The van der Waals surface area contributed by atoms with Gasteiger partial charge in [0, 0.05) is 16.0 Å². The highest BCUT2D eigenvalue weighted by Crippen LogP contribution is 2.33. The summed E-state index contributed by atoms with van der Waals surface area (Å²) < 4.78 is 0. The monoisotopic (exact) mass is 363 g/mol. The summed E-state index contributed by atoms with van der Waals surface area (Å²) in [7, 11) is 0. The van der Waals surface area contributed by atoms with Gasteiger partial charge in [0.2, 0.25) is 0 Å². The number of carbonyl (C=O) groups excluding carboxylic acids is 2. The number of aryl methyl sites for hydroxylation is 1. The van der Waals surface area contributed by atoms with Gasteiger partial charge in [-0.1, -0.05) is 42.1 Å². The normalized spacial score (nSPS) is 10.2. The lowest BCUT2D eigenvalue weighted by atomic mass is 10.3. The van der Waals surface area contributed by atoms with E-state index in [1.54, 1.807) is 18.3 Å². The first-order chi connectivity index (χ1) is 12.6. The Hall–Kier alpha value is -3.12. The number of nitrogens with zero attached hydrogens (tertiary/aromatic N) is 1. The first kappa shape index (κ1) is 17.7. The lowest BCUT2D eigenvalue weighted by Gasteiger charge is -2.11. The van der Waals surface area contributed by atoms with E-state index in [4.69, 9.17) is 0 Å². The number of carbonyl (C=O) groups is 2. The van der Waals surface area contributed by atoms with Gasteiger partial charge in [-0.25, -0.2) is 4.98 Å². The smallest absolute Gasteiger partial charge is 0.315 e. The van der Waals surface area contributed by atoms with Crippen LogP contribution < -0.4 is 10.6 Å². The molecule has 26 heavy (non-hydrogen) atoms. The Balaban J connectivity index is 1.70. The Morgan fingerprint density at radius 1 is 0.885 bits per heavy atom. The molecule has 0 saturated heterocycles. The van der Waals surface area contributed by atoms with Crippen LogP contribution in [0.4, 0.5) is 11.5 Å². The molecule has 1 heterocycles. The van der Waals surface area contributed by atoms with Gasteiger partial charge >= 0.3 is 11.8 Å². The molecular formula is C20H17N3O2S. The fourth-order valence-electron chi connectivity index (χ4n) is 2.23. The highest BCUT2D eigenvalue weighted by molar-refractivity contribution is 7.99. The van der Waals surface area contributed by atoms with Crippen LogP contribution in [0.1, 0.15) is 5.56 Å². The van der Waals surface area contributed by atoms with Gasteiger partial charge in [0.1, 0.15) is 5.82 Å². The van der Waals surface area contributed by atoms with Crippen molar-refractivity contribution in [3.63, 3.8) is 0 Å². The SMILES string of the molecule is Cc1ccnc(NC(=O)C(=O)Nc2ccccc2Sc2ccccc2)c1. The molecular weight excluding hydrogens is 346 g/mol. The van der Waals surface area contributed by atoms with Crippen LogP contribution in [0.5, 0.6) is 0 Å². The Morgan fingerprint density at radius 3 is 2.35 bits per heavy atom. The molecule has 0 fully saturated rings. The van der Waals surface area contributed by atoms with E-state index in [1.165, 1.54) is 11.8 Å². The minimum atomic E-state index is -0.761. The summed E-state index contributed by atoms with van der Waals surface area (Å²) in [6, 6.07) is 20.7. The van der Waals surface area contributed by atoms with Crippen LogP contribution in [-0.4, -0.2) is 16.8 Å². The largest absolute Gasteiger partial charge is 0.317 e. The number of anilines is 2. The number of benzene rings is 2. The predicted octanol–water partition coefficient (Wildman–Crippen LogP) is 4.12. The van der Waals surface area contributed by atoms with Crippen LogP contribution in [0.3, 0.4) is 0 Å². The van der Waals surface area contributed by atoms with Crippen molar-refractivity contribution in [2.45, 2.75) is 16.7 Å². The summed E-state index contributed by atoms with van der Waals surface area (Å²) in [5.74, 6) is -1.16. The van der Waals surface area contributed by atoms with Gasteiger partial charge in [-0.15, -0.1) is 0 Å². The molecule has 2 amide bonds. The van der Waals surface area contributed by atoms with E-state index < -0.39 is 11.8 Å². The third kappa shape index (κ3) is 4.70. The van der Waals surface area contributed by atoms with Crippen LogP contribution in [-0.2, 0) is 9.59 Å². The molecule has 3 rings (SSSR count). The van der Waals surface area contributed by atoms with E-state index in [9.17, 15) is 9.59 Å². The molecule has 0 aliphatic carbocycles. The second-order valence-corrected chi connectivity index (χ2v) is 6.65. The number of pyridine rings is 1. The Bertz CT molecular complexity index is 929. The molecule has 2 N–H and O–H groups in total. The zero-order valence-corrected chi connectivity index (χ0v) is 14.9. The third-order valence-corrected chi connectivity index (χ3v) is 4.55. The molecule has 0 aliphatic heterocycles. The zero-order chi connectivity index (χ0) is 18.4. The Morgan fingerprint density at radius 2 is 1.58 bits per heavy atom.